The molecule has 0 rings (SSSR count). The van der Waals surface area contributed by atoms with Gasteiger partial charge in [0.2, 0.25) is 0 Å². The van der Waals surface area contributed by atoms with Gasteiger partial charge in [0.15, 0.2) is 5.56 Å². The molecule has 0 saturated carbocycles. The van der Waals surface area contributed by atoms with Crippen LogP contribution in [0, 0.1) is 0 Å². The molecule has 0 radical (unpaired) electrons. The molecule has 0 bridgehead atoms. The SMILES string of the molecule is CC(=O)OC(C)C(O)Cl. The van der Waals surface area contributed by atoms with Crippen LogP contribution in [0.25, 0.3) is 0 Å². The summed E-state index contributed by atoms with van der Waals surface area (Å²) in [5.41, 5.74) is -1.12. The molecule has 0 spiro atoms. The van der Waals surface area contributed by atoms with Crippen molar-refractivity contribution >= 4 is 17.6 Å². The van der Waals surface area contributed by atoms with E-state index in [1.807, 2.05) is 0 Å². The van der Waals surface area contributed by atoms with Gasteiger partial charge < -0.3 is 9.84 Å². The molecule has 3 nitrogen and oxygen atoms in total. The first-order chi connectivity index (χ1) is 4.04. The molecule has 0 fully saturated rings. The van der Waals surface area contributed by atoms with E-state index in [0.717, 1.165) is 0 Å². The molecular weight excluding hydrogens is 144 g/mol. The predicted molar refractivity (Wildman–Crippen MR) is 33.1 cm³/mol. The summed E-state index contributed by atoms with van der Waals surface area (Å²) in [6.45, 7) is 2.77. The van der Waals surface area contributed by atoms with Gasteiger partial charge in [0.25, 0.3) is 0 Å². The van der Waals surface area contributed by atoms with Crippen molar-refractivity contribution < 1.29 is 14.6 Å². The lowest BCUT2D eigenvalue weighted by Gasteiger charge is -2.11. The number of aliphatic hydroxyl groups excluding tert-OH is 1. The number of esters is 1. The third-order valence-corrected chi connectivity index (χ3v) is 1.09. The summed E-state index contributed by atoms with van der Waals surface area (Å²) >= 11 is 5.15. The van der Waals surface area contributed by atoms with Crippen LogP contribution < -0.4 is 0 Å². The van der Waals surface area contributed by atoms with E-state index in [-0.39, 0.29) is 0 Å². The van der Waals surface area contributed by atoms with E-state index in [1.165, 1.54) is 13.8 Å². The highest BCUT2D eigenvalue weighted by Gasteiger charge is 2.12. The highest BCUT2D eigenvalue weighted by molar-refractivity contribution is 6.19. The standard InChI is InChI=1S/C5H9ClO3/c1-3(5(6)8)9-4(2)7/h3,5,8H,1-2H3. The Labute approximate surface area is 58.6 Å². The van der Waals surface area contributed by atoms with Gasteiger partial charge in [0.05, 0.1) is 0 Å². The van der Waals surface area contributed by atoms with Gasteiger partial charge in [-0.05, 0) is 6.92 Å². The summed E-state index contributed by atoms with van der Waals surface area (Å²) in [4.78, 5) is 10.2. The number of alkyl halides is 1. The van der Waals surface area contributed by atoms with Gasteiger partial charge in [0, 0.05) is 6.92 Å². The molecule has 0 aromatic rings. The largest absolute Gasteiger partial charge is 0.459 e. The molecule has 0 aliphatic rings. The number of hydrogen-bond acceptors (Lipinski definition) is 3. The normalized spacial score (nSPS) is 16.4. The van der Waals surface area contributed by atoms with E-state index in [4.69, 9.17) is 16.7 Å². The summed E-state index contributed by atoms with van der Waals surface area (Å²) < 4.78 is 4.49. The van der Waals surface area contributed by atoms with Crippen LogP contribution in [-0.2, 0) is 9.53 Å². The molecular formula is C5H9ClO3. The molecule has 1 N–H and O–H groups in total. The van der Waals surface area contributed by atoms with Gasteiger partial charge in [-0.2, -0.15) is 0 Å². The van der Waals surface area contributed by atoms with Crippen LogP contribution in [0.3, 0.4) is 0 Å². The molecule has 0 aromatic carbocycles. The second kappa shape index (κ2) is 3.69. The number of ether oxygens (including phenoxy) is 1. The maximum Gasteiger partial charge on any atom is 0.303 e. The Balaban J connectivity index is 3.50. The molecule has 0 saturated heterocycles. The van der Waals surface area contributed by atoms with Crippen molar-refractivity contribution in [3.05, 3.63) is 0 Å². The van der Waals surface area contributed by atoms with Gasteiger partial charge in [-0.3, -0.25) is 4.79 Å². The van der Waals surface area contributed by atoms with Crippen LogP contribution in [0.4, 0.5) is 0 Å². The number of carbonyl (C=O) groups excluding carboxylic acids is 1. The molecule has 54 valence electrons. The van der Waals surface area contributed by atoms with E-state index < -0.39 is 17.6 Å². The molecule has 0 heterocycles. The van der Waals surface area contributed by atoms with Crippen molar-refractivity contribution in [2.24, 2.45) is 0 Å². The van der Waals surface area contributed by atoms with Crippen LogP contribution in [0.2, 0.25) is 0 Å². The molecule has 0 amide bonds. The van der Waals surface area contributed by atoms with Gasteiger partial charge >= 0.3 is 5.97 Å². The van der Waals surface area contributed by atoms with Crippen molar-refractivity contribution in [2.45, 2.75) is 25.5 Å². The van der Waals surface area contributed by atoms with Gasteiger partial charge in [0.1, 0.15) is 6.10 Å². The molecule has 2 unspecified atom stereocenters. The van der Waals surface area contributed by atoms with Gasteiger partial charge in [-0.1, -0.05) is 11.6 Å². The second-order valence-corrected chi connectivity index (χ2v) is 2.13. The zero-order chi connectivity index (χ0) is 7.44. The average molecular weight is 153 g/mol. The van der Waals surface area contributed by atoms with E-state index in [1.54, 1.807) is 0 Å². The van der Waals surface area contributed by atoms with E-state index in [2.05, 4.69) is 4.74 Å². The number of rotatable bonds is 2. The van der Waals surface area contributed by atoms with Crippen molar-refractivity contribution in [3.8, 4) is 0 Å². The molecule has 2 atom stereocenters. The molecule has 0 aliphatic heterocycles. The van der Waals surface area contributed by atoms with Crippen LogP contribution in [0.5, 0.6) is 0 Å². The fraction of sp³-hybridized carbons (Fsp3) is 0.800. The zero-order valence-corrected chi connectivity index (χ0v) is 6.05. The first-order valence-corrected chi connectivity index (χ1v) is 2.97. The fourth-order valence-corrected chi connectivity index (χ4v) is 0.369. The lowest BCUT2D eigenvalue weighted by Crippen LogP contribution is -2.22. The molecule has 0 aromatic heterocycles. The minimum Gasteiger partial charge on any atom is -0.459 e. The third-order valence-electron chi connectivity index (χ3n) is 0.739. The monoisotopic (exact) mass is 152 g/mol. The smallest absolute Gasteiger partial charge is 0.303 e. The fourth-order valence-electron chi connectivity index (χ4n) is 0.318. The van der Waals surface area contributed by atoms with Crippen molar-refractivity contribution in [1.82, 2.24) is 0 Å². The summed E-state index contributed by atoms with van der Waals surface area (Å²) in [5, 5.41) is 8.56. The molecule has 4 heteroatoms. The van der Waals surface area contributed by atoms with Crippen LogP contribution in [-0.4, -0.2) is 22.7 Å². The maximum atomic E-state index is 10.2. The Kier molecular flexibility index (Phi) is 3.58. The summed E-state index contributed by atoms with van der Waals surface area (Å²) in [7, 11) is 0. The number of aliphatic hydroxyl groups is 1. The van der Waals surface area contributed by atoms with Crippen LogP contribution in [0.1, 0.15) is 13.8 Å². The topological polar surface area (TPSA) is 46.5 Å². The van der Waals surface area contributed by atoms with Gasteiger partial charge in [-0.25, -0.2) is 0 Å². The quantitative estimate of drug-likeness (QED) is 0.463. The first kappa shape index (κ1) is 8.72. The Hall–Kier alpha value is -0.280. The van der Waals surface area contributed by atoms with E-state index >= 15 is 0 Å². The Bertz CT molecular complexity index is 102. The highest BCUT2D eigenvalue weighted by Crippen LogP contribution is 2.01. The zero-order valence-electron chi connectivity index (χ0n) is 5.30. The lowest BCUT2D eigenvalue weighted by atomic mass is 10.4. The second-order valence-electron chi connectivity index (χ2n) is 1.69. The van der Waals surface area contributed by atoms with Crippen LogP contribution in [0.15, 0.2) is 0 Å². The highest BCUT2D eigenvalue weighted by atomic mass is 35.5. The molecule has 9 heavy (non-hydrogen) atoms. The minimum absolute atomic E-state index is 0.442. The van der Waals surface area contributed by atoms with Crippen LogP contribution >= 0.6 is 11.6 Å². The maximum absolute atomic E-state index is 10.2. The first-order valence-electron chi connectivity index (χ1n) is 2.53. The summed E-state index contributed by atoms with van der Waals surface area (Å²) in [6, 6.07) is 0. The minimum atomic E-state index is -1.12. The Morgan fingerprint density at radius 3 is 2.33 bits per heavy atom. The van der Waals surface area contributed by atoms with E-state index in [0.29, 0.717) is 0 Å². The summed E-state index contributed by atoms with van der Waals surface area (Å²) in [6.07, 6.45) is -0.635. The number of carbonyl (C=O) groups is 1. The van der Waals surface area contributed by atoms with Crippen molar-refractivity contribution in [1.29, 1.82) is 0 Å². The molecule has 0 aliphatic carbocycles. The third kappa shape index (κ3) is 4.24. The van der Waals surface area contributed by atoms with Gasteiger partial charge in [-0.15, -0.1) is 0 Å². The predicted octanol–water partition coefficient (Wildman–Crippen LogP) is 0.495. The number of hydrogen-bond donors (Lipinski definition) is 1. The van der Waals surface area contributed by atoms with E-state index in [9.17, 15) is 4.79 Å². The Morgan fingerprint density at radius 1 is 1.78 bits per heavy atom. The Morgan fingerprint density at radius 2 is 2.22 bits per heavy atom. The van der Waals surface area contributed by atoms with Crippen molar-refractivity contribution in [3.63, 3.8) is 0 Å². The average Bonchev–Trinajstić information content (AvgIpc) is 1.63. The number of halogens is 1. The lowest BCUT2D eigenvalue weighted by molar-refractivity contribution is -0.148. The summed E-state index contributed by atoms with van der Waals surface area (Å²) in [5.74, 6) is -0.442. The van der Waals surface area contributed by atoms with Crippen molar-refractivity contribution in [2.75, 3.05) is 0 Å².